The van der Waals surface area contributed by atoms with Crippen LogP contribution in [-0.4, -0.2) is 28.8 Å². The Hall–Kier alpha value is -1.76. The topological polar surface area (TPSA) is 63.2 Å². The normalized spacial score (nSPS) is 12.3. The molecule has 1 aromatic rings. The second-order valence-corrected chi connectivity index (χ2v) is 7.31. The summed E-state index contributed by atoms with van der Waals surface area (Å²) in [6.07, 6.45) is -0.856. The molecule has 7 heteroatoms. The summed E-state index contributed by atoms with van der Waals surface area (Å²) in [7, 11) is 0. The van der Waals surface area contributed by atoms with E-state index in [0.29, 0.717) is 19.5 Å². The molecule has 0 aliphatic carbocycles. The number of aromatic nitrogens is 1. The number of rotatable bonds is 7. The van der Waals surface area contributed by atoms with E-state index in [9.17, 15) is 13.6 Å². The van der Waals surface area contributed by atoms with Crippen LogP contribution < -0.4 is 10.6 Å². The summed E-state index contributed by atoms with van der Waals surface area (Å²) in [5.41, 5.74) is -0.154. The molecule has 2 N–H and O–H groups in total. The number of hydrogen-bond acceptors (Lipinski definition) is 4. The smallest absolute Gasteiger partial charge is 0.407 e. The third-order valence-corrected chi connectivity index (χ3v) is 3.26. The van der Waals surface area contributed by atoms with Crippen molar-refractivity contribution in [2.45, 2.75) is 65.1 Å². The maximum absolute atomic E-state index is 12.5. The van der Waals surface area contributed by atoms with Crippen molar-refractivity contribution in [3.63, 3.8) is 0 Å². The molecule has 0 unspecified atom stereocenters. The number of amides is 1. The molecule has 0 bridgehead atoms. The number of halogens is 2. The van der Waals surface area contributed by atoms with Gasteiger partial charge in [0.25, 0.3) is 6.43 Å². The van der Waals surface area contributed by atoms with Crippen LogP contribution in [0, 0.1) is 0 Å². The lowest BCUT2D eigenvalue weighted by Gasteiger charge is -2.27. The Morgan fingerprint density at radius 1 is 1.25 bits per heavy atom. The Balaban J connectivity index is 2.36. The minimum Gasteiger partial charge on any atom is -0.444 e. The second kappa shape index (κ2) is 8.37. The number of nitrogens with one attached hydrogen (secondary N) is 2. The highest BCUT2D eigenvalue weighted by Gasteiger charge is 2.19. The SMILES string of the molecule is CC(C)(CCNC(=O)OC(C)(C)C)NCc1ccc(C(F)F)nc1. The highest BCUT2D eigenvalue weighted by atomic mass is 19.3. The van der Waals surface area contributed by atoms with E-state index < -0.39 is 18.1 Å². The van der Waals surface area contributed by atoms with Crippen LogP contribution in [0.5, 0.6) is 0 Å². The number of carbonyl (C=O) groups excluding carboxylic acids is 1. The quantitative estimate of drug-likeness (QED) is 0.790. The van der Waals surface area contributed by atoms with Crippen LogP contribution in [0.15, 0.2) is 18.3 Å². The number of nitrogens with zero attached hydrogens (tertiary/aromatic N) is 1. The molecular weight excluding hydrogens is 316 g/mol. The lowest BCUT2D eigenvalue weighted by Crippen LogP contribution is -2.42. The van der Waals surface area contributed by atoms with Crippen molar-refractivity contribution < 1.29 is 18.3 Å². The lowest BCUT2D eigenvalue weighted by molar-refractivity contribution is 0.0524. The summed E-state index contributed by atoms with van der Waals surface area (Å²) in [5.74, 6) is 0. The molecule has 1 amide bonds. The fourth-order valence-electron chi connectivity index (χ4n) is 1.89. The van der Waals surface area contributed by atoms with Gasteiger partial charge in [-0.3, -0.25) is 4.98 Å². The van der Waals surface area contributed by atoms with Gasteiger partial charge < -0.3 is 15.4 Å². The average Bonchev–Trinajstić information content (AvgIpc) is 2.43. The molecule has 0 aliphatic rings. The molecule has 136 valence electrons. The minimum absolute atomic E-state index is 0.223. The zero-order valence-corrected chi connectivity index (χ0v) is 15.0. The van der Waals surface area contributed by atoms with Gasteiger partial charge in [-0.15, -0.1) is 0 Å². The first kappa shape index (κ1) is 20.3. The van der Waals surface area contributed by atoms with Crippen molar-refractivity contribution in [1.82, 2.24) is 15.6 Å². The van der Waals surface area contributed by atoms with Gasteiger partial charge in [0.2, 0.25) is 0 Å². The molecule has 5 nitrogen and oxygen atoms in total. The van der Waals surface area contributed by atoms with E-state index in [1.807, 2.05) is 34.6 Å². The van der Waals surface area contributed by atoms with Crippen LogP contribution in [0.25, 0.3) is 0 Å². The number of alkyl carbamates (subject to hydrolysis) is 1. The fourth-order valence-corrected chi connectivity index (χ4v) is 1.89. The van der Waals surface area contributed by atoms with Crippen molar-refractivity contribution in [3.8, 4) is 0 Å². The first-order valence-electron chi connectivity index (χ1n) is 7.93. The summed E-state index contributed by atoms with van der Waals surface area (Å²) in [5, 5.41) is 6.04. The molecule has 0 saturated heterocycles. The van der Waals surface area contributed by atoms with E-state index in [1.165, 1.54) is 12.3 Å². The number of carbonyl (C=O) groups is 1. The molecule has 0 spiro atoms. The Kier molecular flexibility index (Phi) is 7.08. The molecule has 0 aliphatic heterocycles. The fraction of sp³-hybridized carbons (Fsp3) is 0.647. The van der Waals surface area contributed by atoms with Crippen LogP contribution in [-0.2, 0) is 11.3 Å². The molecule has 0 radical (unpaired) electrons. The lowest BCUT2D eigenvalue weighted by atomic mass is 10.0. The summed E-state index contributed by atoms with van der Waals surface area (Å²) in [6, 6.07) is 2.97. The molecule has 0 atom stereocenters. The third kappa shape index (κ3) is 8.19. The summed E-state index contributed by atoms with van der Waals surface area (Å²) >= 11 is 0. The van der Waals surface area contributed by atoms with E-state index in [-0.39, 0.29) is 11.2 Å². The van der Waals surface area contributed by atoms with E-state index in [2.05, 4.69) is 15.6 Å². The third-order valence-electron chi connectivity index (χ3n) is 3.26. The predicted octanol–water partition coefficient (Wildman–Crippen LogP) is 3.80. The largest absolute Gasteiger partial charge is 0.444 e. The van der Waals surface area contributed by atoms with Crippen molar-refractivity contribution in [3.05, 3.63) is 29.6 Å². The maximum atomic E-state index is 12.5. The van der Waals surface area contributed by atoms with Crippen LogP contribution in [0.3, 0.4) is 0 Å². The highest BCUT2D eigenvalue weighted by molar-refractivity contribution is 5.67. The number of pyridine rings is 1. The summed E-state index contributed by atoms with van der Waals surface area (Å²) in [4.78, 5) is 15.3. The highest BCUT2D eigenvalue weighted by Crippen LogP contribution is 2.16. The Morgan fingerprint density at radius 2 is 1.92 bits per heavy atom. The zero-order chi connectivity index (χ0) is 18.4. The van der Waals surface area contributed by atoms with Gasteiger partial charge >= 0.3 is 6.09 Å². The first-order chi connectivity index (χ1) is 11.0. The van der Waals surface area contributed by atoms with E-state index in [1.54, 1.807) is 6.07 Å². The van der Waals surface area contributed by atoms with Gasteiger partial charge in [-0.05, 0) is 52.7 Å². The van der Waals surface area contributed by atoms with Gasteiger partial charge in [-0.2, -0.15) is 0 Å². The van der Waals surface area contributed by atoms with Crippen LogP contribution >= 0.6 is 0 Å². The number of hydrogen-bond donors (Lipinski definition) is 2. The van der Waals surface area contributed by atoms with Crippen LogP contribution in [0.2, 0.25) is 0 Å². The molecule has 0 saturated carbocycles. The minimum atomic E-state index is -2.55. The van der Waals surface area contributed by atoms with E-state index in [0.717, 1.165) is 5.56 Å². The van der Waals surface area contributed by atoms with Gasteiger partial charge in [0.1, 0.15) is 11.3 Å². The molecule has 1 aromatic heterocycles. The average molecular weight is 343 g/mol. The molecule has 0 aromatic carbocycles. The second-order valence-electron chi connectivity index (χ2n) is 7.31. The number of alkyl halides is 2. The van der Waals surface area contributed by atoms with Crippen LogP contribution in [0.4, 0.5) is 13.6 Å². The monoisotopic (exact) mass is 343 g/mol. The Labute approximate surface area is 142 Å². The van der Waals surface area contributed by atoms with Gasteiger partial charge in [0.05, 0.1) is 0 Å². The van der Waals surface area contributed by atoms with Crippen molar-refractivity contribution >= 4 is 6.09 Å². The first-order valence-corrected chi connectivity index (χ1v) is 7.93. The molecule has 24 heavy (non-hydrogen) atoms. The van der Waals surface area contributed by atoms with Crippen molar-refractivity contribution in [1.29, 1.82) is 0 Å². The van der Waals surface area contributed by atoms with E-state index >= 15 is 0 Å². The molecule has 1 rings (SSSR count). The number of ether oxygens (including phenoxy) is 1. The van der Waals surface area contributed by atoms with E-state index in [4.69, 9.17) is 4.74 Å². The molecule has 1 heterocycles. The maximum Gasteiger partial charge on any atom is 0.407 e. The predicted molar refractivity (Wildman–Crippen MR) is 89.0 cm³/mol. The van der Waals surface area contributed by atoms with Gasteiger partial charge in [-0.25, -0.2) is 13.6 Å². The van der Waals surface area contributed by atoms with Crippen molar-refractivity contribution in [2.24, 2.45) is 0 Å². The Bertz CT molecular complexity index is 526. The molecular formula is C17H27F2N3O2. The van der Waals surface area contributed by atoms with Gasteiger partial charge in [0, 0.05) is 24.8 Å². The summed E-state index contributed by atoms with van der Waals surface area (Å²) < 4.78 is 30.1. The standard InChI is InChI=1S/C17H27F2N3O2/c1-16(2,3)24-15(23)20-9-8-17(4,5)22-11-12-6-7-13(14(18)19)21-10-12/h6-7,10,14,22H,8-9,11H2,1-5H3,(H,20,23). The van der Waals surface area contributed by atoms with Gasteiger partial charge in [-0.1, -0.05) is 6.07 Å². The Morgan fingerprint density at radius 3 is 2.42 bits per heavy atom. The zero-order valence-electron chi connectivity index (χ0n) is 15.0. The van der Waals surface area contributed by atoms with Gasteiger partial charge in [0.15, 0.2) is 0 Å². The van der Waals surface area contributed by atoms with Crippen LogP contribution in [0.1, 0.15) is 58.7 Å². The molecule has 0 fully saturated rings. The summed E-state index contributed by atoms with van der Waals surface area (Å²) in [6.45, 7) is 10.4. The van der Waals surface area contributed by atoms with Crippen molar-refractivity contribution in [2.75, 3.05) is 6.54 Å².